The average Bonchev–Trinajstić information content (AvgIpc) is 2.79. The summed E-state index contributed by atoms with van der Waals surface area (Å²) in [5.74, 6) is -1.37. The van der Waals surface area contributed by atoms with E-state index in [2.05, 4.69) is 10.1 Å². The van der Waals surface area contributed by atoms with Gasteiger partial charge < -0.3 is 23.8 Å². The van der Waals surface area contributed by atoms with Gasteiger partial charge in [0.2, 0.25) is 0 Å². The number of methoxy groups -OCH3 is 2. The van der Waals surface area contributed by atoms with Gasteiger partial charge >= 0.3 is 24.1 Å². The summed E-state index contributed by atoms with van der Waals surface area (Å²) in [6.07, 6.45) is -0.811. The van der Waals surface area contributed by atoms with E-state index in [9.17, 15) is 19.2 Å². The largest absolute Gasteiger partial charge is 0.466 e. The van der Waals surface area contributed by atoms with Gasteiger partial charge in [0.25, 0.3) is 0 Å². The highest BCUT2D eigenvalue weighted by Gasteiger charge is 2.26. The normalized spacial score (nSPS) is 13.1. The molecule has 0 aromatic heterocycles. The first-order valence-corrected chi connectivity index (χ1v) is 9.21. The number of nitrogens with one attached hydrogen (secondary N) is 1. The maximum atomic E-state index is 12.1. The van der Waals surface area contributed by atoms with Gasteiger partial charge in [-0.15, -0.1) is 0 Å². The molecule has 0 aliphatic carbocycles. The molecule has 1 aliphatic heterocycles. The number of hydrogen-bond donors (Lipinski definition) is 1. The summed E-state index contributed by atoms with van der Waals surface area (Å²) < 4.78 is 19.2. The molecule has 1 aliphatic rings. The Hall–Kier alpha value is -3.56. The second kappa shape index (κ2) is 11.4. The lowest BCUT2D eigenvalue weighted by molar-refractivity contribution is -0.144. The van der Waals surface area contributed by atoms with Gasteiger partial charge in [-0.2, -0.15) is 0 Å². The quantitative estimate of drug-likeness (QED) is 0.420. The predicted octanol–water partition coefficient (Wildman–Crippen LogP) is 1.75. The van der Waals surface area contributed by atoms with Crippen molar-refractivity contribution in [3.8, 4) is 0 Å². The minimum atomic E-state index is -0.785. The van der Waals surface area contributed by atoms with Crippen LogP contribution >= 0.6 is 0 Å². The van der Waals surface area contributed by atoms with E-state index < -0.39 is 30.7 Å². The first-order valence-electron chi connectivity index (χ1n) is 9.21. The summed E-state index contributed by atoms with van der Waals surface area (Å²) in [5, 5.41) is 2.45. The number of amides is 2. The number of ether oxygens (including phenoxy) is 4. The number of alkyl carbamates (subject to hydrolysis) is 1. The van der Waals surface area contributed by atoms with Crippen LogP contribution in [0.4, 0.5) is 9.59 Å². The van der Waals surface area contributed by atoms with Crippen molar-refractivity contribution < 1.29 is 38.1 Å². The van der Waals surface area contributed by atoms with E-state index in [0.29, 0.717) is 18.4 Å². The van der Waals surface area contributed by atoms with Crippen LogP contribution in [0.3, 0.4) is 0 Å². The first kappa shape index (κ1) is 22.7. The second-order valence-electron chi connectivity index (χ2n) is 6.27. The van der Waals surface area contributed by atoms with E-state index in [1.54, 1.807) is 0 Å². The Morgan fingerprint density at radius 3 is 2.23 bits per heavy atom. The van der Waals surface area contributed by atoms with Gasteiger partial charge in [-0.3, -0.25) is 5.32 Å². The molecule has 0 radical (unpaired) electrons. The number of piperidine rings is 1. The SMILES string of the molecule is COC(=O)COC(=O)N1CCC(=C(NC(=O)OCc2ccccc2)C(=O)OC)CC1. The molecule has 1 aromatic rings. The smallest absolute Gasteiger partial charge is 0.412 e. The zero-order valence-electron chi connectivity index (χ0n) is 16.8. The Morgan fingerprint density at radius 2 is 1.63 bits per heavy atom. The maximum absolute atomic E-state index is 12.1. The molecule has 1 heterocycles. The monoisotopic (exact) mass is 420 g/mol. The van der Waals surface area contributed by atoms with Gasteiger partial charge in [0, 0.05) is 13.1 Å². The van der Waals surface area contributed by atoms with Crippen LogP contribution in [-0.2, 0) is 35.1 Å². The zero-order chi connectivity index (χ0) is 21.9. The van der Waals surface area contributed by atoms with E-state index in [1.165, 1.54) is 19.1 Å². The highest BCUT2D eigenvalue weighted by molar-refractivity contribution is 5.93. The van der Waals surface area contributed by atoms with Crippen molar-refractivity contribution in [2.45, 2.75) is 19.4 Å². The average molecular weight is 420 g/mol. The van der Waals surface area contributed by atoms with E-state index in [4.69, 9.17) is 14.2 Å². The summed E-state index contributed by atoms with van der Waals surface area (Å²) in [5.41, 5.74) is 1.42. The molecule has 1 N–H and O–H groups in total. The van der Waals surface area contributed by atoms with Crippen molar-refractivity contribution in [2.75, 3.05) is 33.9 Å². The maximum Gasteiger partial charge on any atom is 0.412 e. The van der Waals surface area contributed by atoms with Gasteiger partial charge in [0.05, 0.1) is 14.2 Å². The fourth-order valence-electron chi connectivity index (χ4n) is 2.73. The van der Waals surface area contributed by atoms with Crippen LogP contribution in [0.5, 0.6) is 0 Å². The molecular weight excluding hydrogens is 396 g/mol. The molecular formula is C20H24N2O8. The summed E-state index contributed by atoms with van der Waals surface area (Å²) in [6, 6.07) is 9.11. The van der Waals surface area contributed by atoms with Crippen LogP contribution in [-0.4, -0.2) is 62.9 Å². The molecule has 10 nitrogen and oxygen atoms in total. The van der Waals surface area contributed by atoms with Crippen LogP contribution < -0.4 is 5.32 Å². The lowest BCUT2D eigenvalue weighted by Crippen LogP contribution is -2.39. The van der Waals surface area contributed by atoms with Crippen molar-refractivity contribution in [2.24, 2.45) is 0 Å². The van der Waals surface area contributed by atoms with Gasteiger partial charge in [-0.25, -0.2) is 19.2 Å². The summed E-state index contributed by atoms with van der Waals surface area (Å²) in [6.45, 7) is 0.0696. The lowest BCUT2D eigenvalue weighted by Gasteiger charge is -2.28. The van der Waals surface area contributed by atoms with E-state index >= 15 is 0 Å². The Labute approximate surface area is 173 Å². The van der Waals surface area contributed by atoms with Crippen LogP contribution in [0.15, 0.2) is 41.6 Å². The molecule has 2 amide bonds. The molecule has 0 spiro atoms. The molecule has 30 heavy (non-hydrogen) atoms. The van der Waals surface area contributed by atoms with Crippen LogP contribution in [0.1, 0.15) is 18.4 Å². The third-order valence-corrected chi connectivity index (χ3v) is 4.35. The molecule has 0 bridgehead atoms. The first-order chi connectivity index (χ1) is 14.4. The number of benzene rings is 1. The van der Waals surface area contributed by atoms with E-state index in [0.717, 1.165) is 5.56 Å². The van der Waals surface area contributed by atoms with Crippen molar-refractivity contribution in [3.63, 3.8) is 0 Å². The second-order valence-corrected chi connectivity index (χ2v) is 6.27. The summed E-state index contributed by atoms with van der Waals surface area (Å²) in [7, 11) is 2.40. The lowest BCUT2D eigenvalue weighted by atomic mass is 10.0. The Kier molecular flexibility index (Phi) is 8.67. The van der Waals surface area contributed by atoms with Gasteiger partial charge in [-0.1, -0.05) is 30.3 Å². The van der Waals surface area contributed by atoms with Crippen molar-refractivity contribution >= 4 is 24.1 Å². The van der Waals surface area contributed by atoms with Crippen LogP contribution in [0.2, 0.25) is 0 Å². The third kappa shape index (κ3) is 6.80. The van der Waals surface area contributed by atoms with E-state index in [-0.39, 0.29) is 25.4 Å². The van der Waals surface area contributed by atoms with Gasteiger partial charge in [-0.05, 0) is 24.0 Å². The summed E-state index contributed by atoms with van der Waals surface area (Å²) >= 11 is 0. The molecule has 0 atom stereocenters. The van der Waals surface area contributed by atoms with Crippen molar-refractivity contribution in [3.05, 3.63) is 47.2 Å². The molecule has 1 fully saturated rings. The third-order valence-electron chi connectivity index (χ3n) is 4.35. The van der Waals surface area contributed by atoms with E-state index in [1.807, 2.05) is 30.3 Å². The number of hydrogen-bond acceptors (Lipinski definition) is 8. The Balaban J connectivity index is 1.94. The zero-order valence-corrected chi connectivity index (χ0v) is 16.8. The topological polar surface area (TPSA) is 120 Å². The molecule has 1 aromatic carbocycles. The number of nitrogens with zero attached hydrogens (tertiary/aromatic N) is 1. The molecule has 1 saturated heterocycles. The van der Waals surface area contributed by atoms with Gasteiger partial charge in [0.15, 0.2) is 6.61 Å². The molecule has 0 unspecified atom stereocenters. The highest BCUT2D eigenvalue weighted by atomic mass is 16.6. The summed E-state index contributed by atoms with van der Waals surface area (Å²) in [4.78, 5) is 48.7. The fraction of sp³-hybridized carbons (Fsp3) is 0.400. The predicted molar refractivity (Wildman–Crippen MR) is 103 cm³/mol. The van der Waals surface area contributed by atoms with Crippen LogP contribution in [0.25, 0.3) is 0 Å². The standard InChI is InChI=1S/C20H24N2O8/c1-27-16(23)13-30-20(26)22-10-8-15(9-11-22)17(18(24)28-2)21-19(25)29-12-14-6-4-3-5-7-14/h3-7H,8-13H2,1-2H3,(H,21,25). The molecule has 162 valence electrons. The number of carbonyl (C=O) groups is 4. The number of rotatable bonds is 6. The van der Waals surface area contributed by atoms with Crippen molar-refractivity contribution in [1.29, 1.82) is 0 Å². The molecule has 0 saturated carbocycles. The minimum Gasteiger partial charge on any atom is -0.466 e. The number of likely N-dealkylation sites (tertiary alicyclic amines) is 1. The van der Waals surface area contributed by atoms with Gasteiger partial charge in [0.1, 0.15) is 12.3 Å². The fourth-order valence-corrected chi connectivity index (χ4v) is 2.73. The minimum absolute atomic E-state index is 0.00172. The number of carbonyl (C=O) groups excluding carboxylic acids is 4. The number of esters is 2. The molecule has 2 rings (SSSR count). The Bertz CT molecular complexity index is 796. The molecule has 10 heteroatoms. The highest BCUT2D eigenvalue weighted by Crippen LogP contribution is 2.20. The van der Waals surface area contributed by atoms with Crippen molar-refractivity contribution in [1.82, 2.24) is 10.2 Å². The Morgan fingerprint density at radius 1 is 0.967 bits per heavy atom. The van der Waals surface area contributed by atoms with Crippen LogP contribution in [0, 0.1) is 0 Å².